The molecule has 3 rings (SSSR count). The molecule has 29 heavy (non-hydrogen) atoms. The van der Waals surface area contributed by atoms with Crippen molar-refractivity contribution in [2.45, 2.75) is 19.6 Å². The lowest BCUT2D eigenvalue weighted by molar-refractivity contribution is -0.147. The molecule has 1 amide bonds. The first-order valence-electron chi connectivity index (χ1n) is 8.86. The van der Waals surface area contributed by atoms with Crippen molar-refractivity contribution < 1.29 is 19.1 Å². The Morgan fingerprint density at radius 2 is 1.83 bits per heavy atom. The fraction of sp³-hybridized carbons (Fsp3) is 0.190. The fourth-order valence-corrected chi connectivity index (χ4v) is 3.40. The number of halogens is 1. The normalized spacial score (nSPS) is 10.4. The Balaban J connectivity index is 1.37. The number of rotatable bonds is 9. The minimum Gasteiger partial charge on any atom is -0.482 e. The highest BCUT2D eigenvalue weighted by atomic mass is 79.9. The molecular weight excluding hydrogens is 456 g/mol. The number of carbonyl (C=O) groups is 2. The number of nitrogens with one attached hydrogen (secondary N) is 1. The van der Waals surface area contributed by atoms with Crippen LogP contribution in [0.5, 0.6) is 5.75 Å². The van der Waals surface area contributed by atoms with Gasteiger partial charge in [0.15, 0.2) is 6.61 Å². The van der Waals surface area contributed by atoms with E-state index in [1.807, 2.05) is 42.5 Å². The van der Waals surface area contributed by atoms with Crippen molar-refractivity contribution in [2.24, 2.45) is 0 Å². The lowest BCUT2D eigenvalue weighted by atomic mass is 10.2. The van der Waals surface area contributed by atoms with E-state index in [0.717, 1.165) is 10.0 Å². The van der Waals surface area contributed by atoms with Crippen LogP contribution < -0.4 is 10.1 Å². The third-order valence-electron chi connectivity index (χ3n) is 3.79. The molecule has 2 aromatic carbocycles. The van der Waals surface area contributed by atoms with Crippen molar-refractivity contribution in [1.29, 1.82) is 0 Å². The van der Waals surface area contributed by atoms with Gasteiger partial charge in [-0.3, -0.25) is 4.79 Å². The topological polar surface area (TPSA) is 77.5 Å². The highest BCUT2D eigenvalue weighted by Gasteiger charge is 2.10. The molecular formula is C21H19BrN2O4S. The van der Waals surface area contributed by atoms with E-state index in [1.54, 1.807) is 17.5 Å². The second-order valence-corrected chi connectivity index (χ2v) is 7.93. The summed E-state index contributed by atoms with van der Waals surface area (Å²) in [5.74, 6) is 0.000304. The Bertz CT molecular complexity index is 945. The lowest BCUT2D eigenvalue weighted by Gasteiger charge is -2.06. The molecule has 3 aromatic rings. The highest BCUT2D eigenvalue weighted by Crippen LogP contribution is 2.16. The molecule has 0 aliphatic heterocycles. The van der Waals surface area contributed by atoms with Crippen molar-refractivity contribution in [2.75, 3.05) is 6.61 Å². The van der Waals surface area contributed by atoms with Crippen LogP contribution in [0.1, 0.15) is 16.3 Å². The molecule has 1 heterocycles. The molecule has 8 heteroatoms. The van der Waals surface area contributed by atoms with Gasteiger partial charge in [0.2, 0.25) is 5.91 Å². The number of thiazole rings is 1. The molecule has 0 atom stereocenters. The van der Waals surface area contributed by atoms with Crippen LogP contribution in [0, 0.1) is 0 Å². The molecule has 0 aliphatic rings. The molecule has 0 radical (unpaired) electrons. The Morgan fingerprint density at radius 1 is 1.07 bits per heavy atom. The number of hydrogen-bond donors (Lipinski definition) is 1. The van der Waals surface area contributed by atoms with Gasteiger partial charge in [-0.25, -0.2) is 9.78 Å². The number of hydrogen-bond acceptors (Lipinski definition) is 6. The van der Waals surface area contributed by atoms with Gasteiger partial charge >= 0.3 is 5.97 Å². The molecule has 1 aromatic heterocycles. The largest absolute Gasteiger partial charge is 0.482 e. The first-order chi connectivity index (χ1) is 14.1. The molecule has 150 valence electrons. The number of benzene rings is 2. The maximum Gasteiger partial charge on any atom is 0.344 e. The summed E-state index contributed by atoms with van der Waals surface area (Å²) in [6, 6.07) is 16.9. The van der Waals surface area contributed by atoms with Crippen LogP contribution >= 0.6 is 27.3 Å². The van der Waals surface area contributed by atoms with Crippen LogP contribution in [-0.2, 0) is 33.9 Å². The highest BCUT2D eigenvalue weighted by molar-refractivity contribution is 9.10. The van der Waals surface area contributed by atoms with Crippen molar-refractivity contribution >= 4 is 39.1 Å². The molecule has 6 nitrogen and oxygen atoms in total. The molecule has 0 unspecified atom stereocenters. The van der Waals surface area contributed by atoms with Gasteiger partial charge in [0, 0.05) is 16.4 Å². The van der Waals surface area contributed by atoms with Crippen molar-refractivity contribution in [1.82, 2.24) is 10.3 Å². The number of carbonyl (C=O) groups excluding carboxylic acids is 2. The first-order valence-corrected chi connectivity index (χ1v) is 10.5. The summed E-state index contributed by atoms with van der Waals surface area (Å²) in [6.45, 7) is 0.346. The molecule has 0 spiro atoms. The Hall–Kier alpha value is -2.71. The van der Waals surface area contributed by atoms with E-state index in [9.17, 15) is 9.59 Å². The Kier molecular flexibility index (Phi) is 7.77. The summed E-state index contributed by atoms with van der Waals surface area (Å²) in [6.07, 6.45) is 0.193. The number of ether oxygens (including phenoxy) is 2. The number of aromatic nitrogens is 1. The summed E-state index contributed by atoms with van der Waals surface area (Å²) in [4.78, 5) is 28.2. The van der Waals surface area contributed by atoms with Gasteiger partial charge < -0.3 is 14.8 Å². The minimum atomic E-state index is -0.483. The second-order valence-electron chi connectivity index (χ2n) is 6.07. The zero-order valence-corrected chi connectivity index (χ0v) is 17.9. The van der Waals surface area contributed by atoms with Crippen LogP contribution in [0.3, 0.4) is 0 Å². The molecule has 1 N–H and O–H groups in total. The van der Waals surface area contributed by atoms with E-state index in [2.05, 4.69) is 26.2 Å². The Labute approximate surface area is 181 Å². The number of esters is 1. The fourth-order valence-electron chi connectivity index (χ4n) is 2.36. The first kappa shape index (κ1) is 21.0. The van der Waals surface area contributed by atoms with Crippen LogP contribution in [0.15, 0.2) is 64.5 Å². The van der Waals surface area contributed by atoms with Crippen molar-refractivity contribution in [3.05, 3.63) is 80.7 Å². The van der Waals surface area contributed by atoms with E-state index >= 15 is 0 Å². The van der Waals surface area contributed by atoms with Crippen molar-refractivity contribution in [3.63, 3.8) is 0 Å². The van der Waals surface area contributed by atoms with E-state index < -0.39 is 5.97 Å². The lowest BCUT2D eigenvalue weighted by Crippen LogP contribution is -2.24. The van der Waals surface area contributed by atoms with E-state index in [0.29, 0.717) is 23.0 Å². The predicted octanol–water partition coefficient (Wildman–Crippen LogP) is 3.89. The van der Waals surface area contributed by atoms with Crippen molar-refractivity contribution in [3.8, 4) is 5.75 Å². The molecule has 0 saturated carbocycles. The standard InChI is InChI=1S/C21H19BrN2O4S/c22-16-6-8-18(9-7-16)27-13-21(26)28-12-17-14-29-20(24-17)10-19(25)23-11-15-4-2-1-3-5-15/h1-9,14H,10-13H2,(H,23,25). The summed E-state index contributed by atoms with van der Waals surface area (Å²) >= 11 is 4.70. The van der Waals surface area contributed by atoms with Gasteiger partial charge in [-0.2, -0.15) is 0 Å². The summed E-state index contributed by atoms with van der Waals surface area (Å²) in [5, 5.41) is 5.32. The summed E-state index contributed by atoms with van der Waals surface area (Å²) in [5.41, 5.74) is 1.65. The van der Waals surface area contributed by atoms with E-state index in [-0.39, 0.29) is 25.5 Å². The third kappa shape index (κ3) is 7.32. The number of nitrogens with zero attached hydrogens (tertiary/aromatic N) is 1. The van der Waals surface area contributed by atoms with Crippen LogP contribution in [0.2, 0.25) is 0 Å². The number of amides is 1. The van der Waals surface area contributed by atoms with Crippen LogP contribution in [0.25, 0.3) is 0 Å². The molecule has 0 bridgehead atoms. The zero-order valence-electron chi connectivity index (χ0n) is 15.5. The Morgan fingerprint density at radius 3 is 2.59 bits per heavy atom. The molecule has 0 fully saturated rings. The quantitative estimate of drug-likeness (QED) is 0.476. The van der Waals surface area contributed by atoms with Gasteiger partial charge in [0.1, 0.15) is 17.4 Å². The molecule has 0 aliphatic carbocycles. The van der Waals surface area contributed by atoms with Gasteiger partial charge in [0.05, 0.1) is 12.1 Å². The maximum atomic E-state index is 12.1. The zero-order chi connectivity index (χ0) is 20.5. The second kappa shape index (κ2) is 10.7. The van der Waals surface area contributed by atoms with E-state index in [4.69, 9.17) is 9.47 Å². The monoisotopic (exact) mass is 474 g/mol. The average molecular weight is 475 g/mol. The van der Waals surface area contributed by atoms with Crippen LogP contribution in [0.4, 0.5) is 0 Å². The summed E-state index contributed by atoms with van der Waals surface area (Å²) < 4.78 is 11.5. The van der Waals surface area contributed by atoms with Gasteiger partial charge in [-0.05, 0) is 29.8 Å². The third-order valence-corrected chi connectivity index (χ3v) is 5.22. The van der Waals surface area contributed by atoms with E-state index in [1.165, 1.54) is 11.3 Å². The smallest absolute Gasteiger partial charge is 0.344 e. The predicted molar refractivity (Wildman–Crippen MR) is 114 cm³/mol. The van der Waals surface area contributed by atoms with Gasteiger partial charge in [-0.15, -0.1) is 11.3 Å². The SMILES string of the molecule is O=C(Cc1nc(COC(=O)COc2ccc(Br)cc2)cs1)NCc1ccccc1. The maximum absolute atomic E-state index is 12.1. The van der Waals surface area contributed by atoms with Gasteiger partial charge in [0.25, 0.3) is 0 Å². The minimum absolute atomic E-state index is 0.0463. The van der Waals surface area contributed by atoms with Crippen LogP contribution in [-0.4, -0.2) is 23.5 Å². The average Bonchev–Trinajstić information content (AvgIpc) is 3.18. The molecule has 0 saturated heterocycles. The summed E-state index contributed by atoms with van der Waals surface area (Å²) in [7, 11) is 0. The van der Waals surface area contributed by atoms with Gasteiger partial charge in [-0.1, -0.05) is 46.3 Å².